The Labute approximate surface area is 213 Å². The maximum atomic E-state index is 6.67. The average Bonchev–Trinajstić information content (AvgIpc) is 3.22. The van der Waals surface area contributed by atoms with Crippen LogP contribution in [0, 0.1) is 0 Å². The number of benzene rings is 4. The van der Waals surface area contributed by atoms with Crippen molar-refractivity contribution in [2.24, 2.45) is 0 Å². The van der Waals surface area contributed by atoms with Crippen molar-refractivity contribution in [3.63, 3.8) is 0 Å². The van der Waals surface area contributed by atoms with E-state index in [9.17, 15) is 0 Å². The van der Waals surface area contributed by atoms with E-state index < -0.39 is 5.41 Å². The molecule has 6 rings (SSSR count). The molecule has 174 valence electrons. The summed E-state index contributed by atoms with van der Waals surface area (Å²) in [6.07, 6.45) is 12.4. The Bertz CT molecular complexity index is 1520. The fourth-order valence-corrected chi connectivity index (χ4v) is 5.71. The van der Waals surface area contributed by atoms with E-state index in [1.54, 1.807) is 0 Å². The number of para-hydroxylation sites is 1. The summed E-state index contributed by atoms with van der Waals surface area (Å²) in [5.41, 5.74) is 10.3. The normalized spacial score (nSPS) is 15.4. The zero-order chi connectivity index (χ0) is 24.5. The second kappa shape index (κ2) is 9.02. The Morgan fingerprint density at radius 2 is 1.31 bits per heavy atom. The van der Waals surface area contributed by atoms with Gasteiger partial charge in [0.25, 0.3) is 0 Å². The molecular weight excluding hydrogens is 436 g/mol. The molecule has 0 unspecified atom stereocenters. The highest BCUT2D eigenvalue weighted by molar-refractivity contribution is 5.89. The van der Waals surface area contributed by atoms with Gasteiger partial charge in [-0.2, -0.15) is 0 Å². The summed E-state index contributed by atoms with van der Waals surface area (Å²) < 4.78 is 6.67. The fraction of sp³-hybridized carbons (Fsp3) is 0.0857. The van der Waals surface area contributed by atoms with Crippen LogP contribution in [0.3, 0.4) is 0 Å². The minimum atomic E-state index is -0.441. The molecule has 1 aliphatic heterocycles. The molecule has 0 atom stereocenters. The van der Waals surface area contributed by atoms with Gasteiger partial charge in [-0.3, -0.25) is 0 Å². The van der Waals surface area contributed by atoms with E-state index >= 15 is 0 Å². The lowest BCUT2D eigenvalue weighted by Crippen LogP contribution is -2.36. The molecular formula is C35H28O. The molecule has 1 nitrogen and oxygen atoms in total. The van der Waals surface area contributed by atoms with Crippen molar-refractivity contribution in [1.29, 1.82) is 0 Å². The highest BCUT2D eigenvalue weighted by Gasteiger charge is 2.47. The topological polar surface area (TPSA) is 9.23 Å². The Morgan fingerprint density at radius 1 is 0.667 bits per heavy atom. The number of rotatable bonds is 3. The van der Waals surface area contributed by atoms with Gasteiger partial charge in [-0.25, -0.2) is 0 Å². The smallest absolute Gasteiger partial charge is 0.127 e. The number of ether oxygens (including phenoxy) is 1. The summed E-state index contributed by atoms with van der Waals surface area (Å²) in [5, 5.41) is 0. The molecule has 1 spiro atoms. The van der Waals surface area contributed by atoms with Crippen LogP contribution in [0.1, 0.15) is 40.3 Å². The lowest BCUT2D eigenvalue weighted by molar-refractivity contribution is 0.266. The van der Waals surface area contributed by atoms with Gasteiger partial charge >= 0.3 is 0 Å². The van der Waals surface area contributed by atoms with E-state index in [2.05, 4.69) is 110 Å². The van der Waals surface area contributed by atoms with E-state index in [-0.39, 0.29) is 0 Å². The van der Waals surface area contributed by atoms with E-state index in [1.807, 2.05) is 31.2 Å². The van der Waals surface area contributed by atoms with Crippen molar-refractivity contribution >= 4 is 11.6 Å². The van der Waals surface area contributed by atoms with Crippen molar-refractivity contribution in [1.82, 2.24) is 0 Å². The summed E-state index contributed by atoms with van der Waals surface area (Å²) in [6.45, 7) is 7.12. The lowest BCUT2D eigenvalue weighted by Gasteiger charge is -2.37. The molecule has 1 heteroatoms. The predicted octanol–water partition coefficient (Wildman–Crippen LogP) is 8.60. The minimum Gasteiger partial charge on any atom is -0.491 e. The van der Waals surface area contributed by atoms with Crippen LogP contribution < -0.4 is 4.74 Å². The van der Waals surface area contributed by atoms with Crippen molar-refractivity contribution < 1.29 is 4.74 Å². The maximum Gasteiger partial charge on any atom is 0.127 e. The summed E-state index contributed by atoms with van der Waals surface area (Å²) >= 11 is 0. The molecule has 0 fully saturated rings. The number of fused-ring (bicyclic) bond motifs is 8. The van der Waals surface area contributed by atoms with Crippen molar-refractivity contribution in [2.75, 3.05) is 6.61 Å². The van der Waals surface area contributed by atoms with Gasteiger partial charge in [-0.15, -0.1) is 0 Å². The number of allylic oxidation sites excluding steroid dienone is 5. The largest absolute Gasteiger partial charge is 0.491 e. The fourth-order valence-electron chi connectivity index (χ4n) is 5.71. The van der Waals surface area contributed by atoms with E-state index in [0.717, 1.165) is 22.4 Å². The van der Waals surface area contributed by atoms with Gasteiger partial charge in [0.2, 0.25) is 0 Å². The van der Waals surface area contributed by atoms with Crippen LogP contribution in [0.4, 0.5) is 0 Å². The minimum absolute atomic E-state index is 0.441. The van der Waals surface area contributed by atoms with Crippen LogP contribution in [0.25, 0.3) is 22.8 Å². The molecule has 0 N–H and O–H groups in total. The molecule has 1 aliphatic carbocycles. The van der Waals surface area contributed by atoms with E-state index in [0.29, 0.717) is 6.61 Å². The van der Waals surface area contributed by atoms with E-state index in [1.165, 1.54) is 33.4 Å². The highest BCUT2D eigenvalue weighted by atomic mass is 16.5. The van der Waals surface area contributed by atoms with Crippen molar-refractivity contribution in [3.8, 4) is 16.9 Å². The average molecular weight is 465 g/mol. The van der Waals surface area contributed by atoms with Gasteiger partial charge in [0.15, 0.2) is 0 Å². The first kappa shape index (κ1) is 22.1. The summed E-state index contributed by atoms with van der Waals surface area (Å²) in [7, 11) is 0. The molecule has 36 heavy (non-hydrogen) atoms. The maximum absolute atomic E-state index is 6.67. The van der Waals surface area contributed by atoms with Crippen molar-refractivity contribution in [2.45, 2.75) is 12.3 Å². The van der Waals surface area contributed by atoms with Gasteiger partial charge in [0, 0.05) is 5.56 Å². The van der Waals surface area contributed by atoms with Crippen molar-refractivity contribution in [3.05, 3.63) is 161 Å². The summed E-state index contributed by atoms with van der Waals surface area (Å²) in [4.78, 5) is 0. The zero-order valence-corrected chi connectivity index (χ0v) is 20.4. The van der Waals surface area contributed by atoms with Gasteiger partial charge in [-0.05, 0) is 63.6 Å². The Kier molecular flexibility index (Phi) is 5.54. The van der Waals surface area contributed by atoms with Gasteiger partial charge in [0.05, 0.1) is 5.41 Å². The first-order valence-corrected chi connectivity index (χ1v) is 12.5. The Morgan fingerprint density at radius 3 is 2.03 bits per heavy atom. The van der Waals surface area contributed by atoms with E-state index in [4.69, 9.17) is 4.74 Å². The lowest BCUT2D eigenvalue weighted by atomic mass is 9.69. The van der Waals surface area contributed by atoms with Gasteiger partial charge in [0.1, 0.15) is 12.4 Å². The third-order valence-electron chi connectivity index (χ3n) is 7.36. The quantitative estimate of drug-likeness (QED) is 0.276. The first-order valence-electron chi connectivity index (χ1n) is 12.5. The van der Waals surface area contributed by atoms with Crippen LogP contribution in [0.2, 0.25) is 0 Å². The molecule has 0 saturated carbocycles. The molecule has 1 heterocycles. The van der Waals surface area contributed by atoms with Crippen LogP contribution in [-0.2, 0) is 5.41 Å². The Hall–Kier alpha value is -4.36. The predicted molar refractivity (Wildman–Crippen MR) is 151 cm³/mol. The van der Waals surface area contributed by atoms with Crippen LogP contribution in [-0.4, -0.2) is 6.61 Å². The number of hydrogen-bond donors (Lipinski definition) is 0. The van der Waals surface area contributed by atoms with Crippen LogP contribution in [0.5, 0.6) is 5.75 Å². The SMILES string of the molecule is C=C1c2ccccc2OCC2(c3cc(\C=C/C=C\C=C\C)ccc31)c1ccccc1-c1ccccc12. The number of hydrogen-bond acceptors (Lipinski definition) is 1. The monoisotopic (exact) mass is 464 g/mol. The van der Waals surface area contributed by atoms with Crippen LogP contribution >= 0.6 is 0 Å². The molecule has 0 bridgehead atoms. The molecule has 0 saturated heterocycles. The standard InChI is InChI=1S/C35H28O/c1-3-4-5-6-7-14-26-21-22-27-25(2)28-15-10-13-20-34(28)36-24-35(33(27)23-26)31-18-11-8-16-29(31)30-17-9-12-19-32(30)35/h3-23H,2,24H2,1H3/b4-3+,6-5-,14-7-. The highest BCUT2D eigenvalue weighted by Crippen LogP contribution is 2.55. The summed E-state index contributed by atoms with van der Waals surface area (Å²) in [5.74, 6) is 0.882. The third kappa shape index (κ3) is 3.39. The molecule has 4 aromatic rings. The van der Waals surface area contributed by atoms with Gasteiger partial charge in [-0.1, -0.05) is 122 Å². The van der Waals surface area contributed by atoms with Gasteiger partial charge < -0.3 is 4.74 Å². The Balaban J connectivity index is 1.64. The molecule has 0 radical (unpaired) electrons. The molecule has 0 amide bonds. The molecule has 0 aromatic heterocycles. The first-order chi connectivity index (χ1) is 17.7. The molecule has 2 aliphatic rings. The zero-order valence-electron chi connectivity index (χ0n) is 20.4. The summed E-state index contributed by atoms with van der Waals surface area (Å²) in [6, 6.07) is 32.6. The van der Waals surface area contributed by atoms with Crippen LogP contribution in [0.15, 0.2) is 128 Å². The second-order valence-electron chi connectivity index (χ2n) is 9.33. The second-order valence-corrected chi connectivity index (χ2v) is 9.33. The third-order valence-corrected chi connectivity index (χ3v) is 7.36. The molecule has 4 aromatic carbocycles.